The number of aliphatic hydroxyl groups excluding tert-OH is 1. The second kappa shape index (κ2) is 7.17. The first-order valence-corrected chi connectivity index (χ1v) is 9.31. The average molecular weight is 354 g/mol. The summed E-state index contributed by atoms with van der Waals surface area (Å²) in [6, 6.07) is 8.30. The van der Waals surface area contributed by atoms with E-state index in [1.165, 1.54) is 5.52 Å². The highest BCUT2D eigenvalue weighted by atomic mass is 16.3. The maximum atomic E-state index is 9.56. The van der Waals surface area contributed by atoms with Crippen LogP contribution in [0.3, 0.4) is 0 Å². The van der Waals surface area contributed by atoms with Gasteiger partial charge in [0, 0.05) is 13.6 Å². The van der Waals surface area contributed by atoms with Crippen molar-refractivity contribution in [2.45, 2.75) is 39.0 Å². The Balaban J connectivity index is 1.33. The van der Waals surface area contributed by atoms with E-state index >= 15 is 0 Å². The van der Waals surface area contributed by atoms with Crippen LogP contribution in [-0.4, -0.2) is 47.6 Å². The van der Waals surface area contributed by atoms with Gasteiger partial charge in [-0.05, 0) is 50.9 Å². The highest BCUT2D eigenvalue weighted by Gasteiger charge is 2.22. The Bertz CT molecular complexity index is 875. The molecule has 4 rings (SSSR count). The molecule has 1 unspecified atom stereocenters. The Morgan fingerprint density at radius 1 is 1.23 bits per heavy atom. The monoisotopic (exact) mass is 354 g/mol. The lowest BCUT2D eigenvalue weighted by molar-refractivity contribution is 0.160. The molecule has 1 N–H and O–H groups in total. The largest absolute Gasteiger partial charge is 0.387 e. The normalized spacial score (nSPS) is 17.8. The SMILES string of the molecule is CC(O)c1cn(CC2CCN(Cc3nc4ccccc4n3C)CC2)nn1. The quantitative estimate of drug-likeness (QED) is 0.760. The number of para-hydroxylation sites is 2. The molecule has 1 fully saturated rings. The number of aliphatic hydroxyl groups is 1. The third-order valence-corrected chi connectivity index (χ3v) is 5.38. The molecule has 0 bridgehead atoms. The van der Waals surface area contributed by atoms with Crippen molar-refractivity contribution in [2.75, 3.05) is 13.1 Å². The minimum Gasteiger partial charge on any atom is -0.387 e. The molecule has 0 aliphatic carbocycles. The zero-order valence-electron chi connectivity index (χ0n) is 15.4. The van der Waals surface area contributed by atoms with E-state index in [1.54, 1.807) is 6.92 Å². The number of aryl methyl sites for hydroxylation is 1. The maximum absolute atomic E-state index is 9.56. The molecule has 2 aromatic heterocycles. The molecule has 0 radical (unpaired) electrons. The minimum absolute atomic E-state index is 0.557. The molecule has 3 aromatic rings. The fourth-order valence-electron chi connectivity index (χ4n) is 3.72. The van der Waals surface area contributed by atoms with Crippen LogP contribution >= 0.6 is 0 Å². The number of aromatic nitrogens is 5. The summed E-state index contributed by atoms with van der Waals surface area (Å²) in [5.74, 6) is 1.73. The molecule has 3 heterocycles. The van der Waals surface area contributed by atoms with Crippen LogP contribution < -0.4 is 0 Å². The van der Waals surface area contributed by atoms with Crippen molar-refractivity contribution >= 4 is 11.0 Å². The topological polar surface area (TPSA) is 72.0 Å². The van der Waals surface area contributed by atoms with Crippen LogP contribution in [0.25, 0.3) is 11.0 Å². The van der Waals surface area contributed by atoms with Gasteiger partial charge in [0.2, 0.25) is 0 Å². The van der Waals surface area contributed by atoms with Crippen LogP contribution in [-0.2, 0) is 20.1 Å². The van der Waals surface area contributed by atoms with Gasteiger partial charge in [0.1, 0.15) is 11.5 Å². The Morgan fingerprint density at radius 3 is 2.69 bits per heavy atom. The van der Waals surface area contributed by atoms with Gasteiger partial charge in [-0.25, -0.2) is 4.98 Å². The van der Waals surface area contributed by atoms with E-state index in [-0.39, 0.29) is 0 Å². The fourth-order valence-corrected chi connectivity index (χ4v) is 3.72. The van der Waals surface area contributed by atoms with E-state index in [9.17, 15) is 5.11 Å². The summed E-state index contributed by atoms with van der Waals surface area (Å²) >= 11 is 0. The number of hydrogen-bond donors (Lipinski definition) is 1. The average Bonchev–Trinajstić information content (AvgIpc) is 3.23. The van der Waals surface area contributed by atoms with Crippen LogP contribution in [0.4, 0.5) is 0 Å². The zero-order valence-corrected chi connectivity index (χ0v) is 15.4. The second-order valence-electron chi connectivity index (χ2n) is 7.34. The predicted molar refractivity (Wildman–Crippen MR) is 99.4 cm³/mol. The van der Waals surface area contributed by atoms with E-state index in [0.717, 1.165) is 50.4 Å². The van der Waals surface area contributed by atoms with Crippen molar-refractivity contribution in [1.82, 2.24) is 29.4 Å². The van der Waals surface area contributed by atoms with Gasteiger partial charge in [-0.1, -0.05) is 17.3 Å². The van der Waals surface area contributed by atoms with Gasteiger partial charge < -0.3 is 9.67 Å². The highest BCUT2D eigenvalue weighted by molar-refractivity contribution is 5.75. The molecule has 1 aliphatic rings. The molecule has 1 saturated heterocycles. The van der Waals surface area contributed by atoms with Crippen molar-refractivity contribution < 1.29 is 5.11 Å². The van der Waals surface area contributed by atoms with Gasteiger partial charge in [-0.3, -0.25) is 9.58 Å². The standard InChI is InChI=1S/C19H26N6O/c1-14(26)17-12-25(22-21-17)11-15-7-9-24(10-8-15)13-19-20-16-5-3-4-6-18(16)23(19)2/h3-6,12,14-15,26H,7-11,13H2,1-2H3. The third-order valence-electron chi connectivity index (χ3n) is 5.38. The first-order chi connectivity index (χ1) is 12.6. The molecule has 26 heavy (non-hydrogen) atoms. The number of piperidine rings is 1. The smallest absolute Gasteiger partial charge is 0.123 e. The molecule has 0 saturated carbocycles. The summed E-state index contributed by atoms with van der Waals surface area (Å²) in [5.41, 5.74) is 2.90. The number of fused-ring (bicyclic) bond motifs is 1. The van der Waals surface area contributed by atoms with Gasteiger partial charge in [-0.2, -0.15) is 0 Å². The Hall–Kier alpha value is -2.25. The Kier molecular flexibility index (Phi) is 4.74. The lowest BCUT2D eigenvalue weighted by Crippen LogP contribution is -2.35. The molecule has 7 heteroatoms. The lowest BCUT2D eigenvalue weighted by Gasteiger charge is -2.31. The summed E-state index contributed by atoms with van der Waals surface area (Å²) in [6.07, 6.45) is 3.59. The summed E-state index contributed by atoms with van der Waals surface area (Å²) in [7, 11) is 2.10. The van der Waals surface area contributed by atoms with Gasteiger partial charge >= 0.3 is 0 Å². The van der Waals surface area contributed by atoms with E-state index in [2.05, 4.69) is 45.0 Å². The Labute approximate surface area is 153 Å². The van der Waals surface area contributed by atoms with E-state index in [4.69, 9.17) is 4.98 Å². The van der Waals surface area contributed by atoms with Crippen molar-refractivity contribution in [1.29, 1.82) is 0 Å². The summed E-state index contributed by atoms with van der Waals surface area (Å²) in [5, 5.41) is 17.7. The van der Waals surface area contributed by atoms with E-state index in [1.807, 2.05) is 16.9 Å². The van der Waals surface area contributed by atoms with Crippen molar-refractivity contribution in [3.8, 4) is 0 Å². The van der Waals surface area contributed by atoms with Crippen molar-refractivity contribution in [3.63, 3.8) is 0 Å². The van der Waals surface area contributed by atoms with Gasteiger partial charge in [0.25, 0.3) is 0 Å². The van der Waals surface area contributed by atoms with Crippen LogP contribution in [0.1, 0.15) is 37.4 Å². The first-order valence-electron chi connectivity index (χ1n) is 9.31. The van der Waals surface area contributed by atoms with Crippen LogP contribution in [0.5, 0.6) is 0 Å². The van der Waals surface area contributed by atoms with E-state index in [0.29, 0.717) is 11.6 Å². The number of nitrogens with zero attached hydrogens (tertiary/aromatic N) is 6. The number of likely N-dealkylation sites (tertiary alicyclic amines) is 1. The number of rotatable bonds is 5. The number of benzene rings is 1. The zero-order chi connectivity index (χ0) is 18.1. The van der Waals surface area contributed by atoms with Crippen LogP contribution in [0.2, 0.25) is 0 Å². The second-order valence-corrected chi connectivity index (χ2v) is 7.34. The lowest BCUT2D eigenvalue weighted by atomic mass is 9.97. The predicted octanol–water partition coefficient (Wildman–Crippen LogP) is 2.13. The molecule has 1 atom stereocenters. The molecule has 0 spiro atoms. The number of imidazole rings is 1. The molecule has 138 valence electrons. The summed E-state index contributed by atoms with van der Waals surface area (Å²) in [6.45, 7) is 5.64. The van der Waals surface area contributed by atoms with Crippen molar-refractivity contribution in [3.05, 3.63) is 42.0 Å². The molecule has 1 aliphatic heterocycles. The van der Waals surface area contributed by atoms with Crippen molar-refractivity contribution in [2.24, 2.45) is 13.0 Å². The molecular weight excluding hydrogens is 328 g/mol. The molecule has 0 amide bonds. The fraction of sp³-hybridized carbons (Fsp3) is 0.526. The minimum atomic E-state index is -0.557. The third kappa shape index (κ3) is 3.50. The first kappa shape index (κ1) is 17.2. The molecule has 7 nitrogen and oxygen atoms in total. The van der Waals surface area contributed by atoms with Gasteiger partial charge in [-0.15, -0.1) is 5.10 Å². The molecule has 1 aromatic carbocycles. The van der Waals surface area contributed by atoms with E-state index < -0.39 is 6.10 Å². The van der Waals surface area contributed by atoms with Crippen LogP contribution in [0.15, 0.2) is 30.5 Å². The molecular formula is C19H26N6O. The summed E-state index contributed by atoms with van der Waals surface area (Å²) in [4.78, 5) is 7.27. The Morgan fingerprint density at radius 2 is 2.00 bits per heavy atom. The maximum Gasteiger partial charge on any atom is 0.123 e. The van der Waals surface area contributed by atoms with Gasteiger partial charge in [0.15, 0.2) is 0 Å². The summed E-state index contributed by atoms with van der Waals surface area (Å²) < 4.78 is 4.07. The number of hydrogen-bond acceptors (Lipinski definition) is 5. The van der Waals surface area contributed by atoms with Gasteiger partial charge in [0.05, 0.1) is 29.9 Å². The van der Waals surface area contributed by atoms with Crippen LogP contribution in [0, 0.1) is 5.92 Å². The highest BCUT2D eigenvalue weighted by Crippen LogP contribution is 2.22.